The highest BCUT2D eigenvalue weighted by molar-refractivity contribution is 6.71. The van der Waals surface area contributed by atoms with Gasteiger partial charge in [-0.1, -0.05) is 74.6 Å². The van der Waals surface area contributed by atoms with Crippen LogP contribution >= 0.6 is 0 Å². The van der Waals surface area contributed by atoms with Crippen LogP contribution in [0.2, 0.25) is 32.7 Å². The van der Waals surface area contributed by atoms with Gasteiger partial charge in [-0.05, 0) is 53.5 Å². The van der Waals surface area contributed by atoms with Crippen LogP contribution in [0, 0.1) is 0 Å². The molecule has 0 aliphatic heterocycles. The molecule has 0 spiro atoms. The molecule has 2 atom stereocenters. The van der Waals surface area contributed by atoms with Gasteiger partial charge in [0.15, 0.2) is 0 Å². The second kappa shape index (κ2) is 7.20. The van der Waals surface area contributed by atoms with Crippen molar-refractivity contribution in [2.75, 3.05) is 0 Å². The Morgan fingerprint density at radius 1 is 0.964 bits per heavy atom. The molecular formula is C25H31OSi2. The van der Waals surface area contributed by atoms with Crippen LogP contribution in [-0.2, 0) is 10.8 Å². The quantitative estimate of drug-likeness (QED) is 0.488. The van der Waals surface area contributed by atoms with E-state index in [0.29, 0.717) is 11.8 Å². The first-order chi connectivity index (χ1) is 13.3. The number of hydrogen-bond donors (Lipinski definition) is 0. The monoisotopic (exact) mass is 403 g/mol. The summed E-state index contributed by atoms with van der Waals surface area (Å²) in [5.74, 6) is 2.07. The molecule has 0 heterocycles. The van der Waals surface area contributed by atoms with Gasteiger partial charge in [0.2, 0.25) is 8.32 Å². The molecule has 2 aromatic carbocycles. The molecule has 1 nitrogen and oxygen atoms in total. The molecule has 0 bridgehead atoms. The molecule has 0 fully saturated rings. The molecule has 2 aliphatic carbocycles. The maximum atomic E-state index is 6.84. The predicted molar refractivity (Wildman–Crippen MR) is 126 cm³/mol. The Kier molecular flexibility index (Phi) is 5.00. The Morgan fingerprint density at radius 2 is 1.68 bits per heavy atom. The number of hydrogen-bond acceptors (Lipinski definition) is 1. The normalized spacial score (nSPS) is 20.7. The van der Waals surface area contributed by atoms with Crippen LogP contribution in [-0.4, -0.2) is 17.1 Å². The van der Waals surface area contributed by atoms with Gasteiger partial charge in [-0.25, -0.2) is 0 Å². The lowest BCUT2D eigenvalue weighted by Gasteiger charge is -2.27. The minimum atomic E-state index is -1.71. The van der Waals surface area contributed by atoms with E-state index in [1.165, 1.54) is 33.6 Å². The van der Waals surface area contributed by atoms with Crippen molar-refractivity contribution in [2.45, 2.75) is 57.9 Å². The maximum Gasteiger partial charge on any atom is 0.242 e. The van der Waals surface area contributed by atoms with Crippen LogP contribution in [0.5, 0.6) is 0 Å². The second-order valence-electron chi connectivity index (χ2n) is 9.18. The van der Waals surface area contributed by atoms with Crippen molar-refractivity contribution in [3.8, 4) is 0 Å². The van der Waals surface area contributed by atoms with E-state index in [0.717, 1.165) is 6.42 Å². The Hall–Kier alpha value is -1.85. The molecule has 4 rings (SSSR count). The first-order valence-electron chi connectivity index (χ1n) is 10.4. The van der Waals surface area contributed by atoms with Gasteiger partial charge >= 0.3 is 0 Å². The molecule has 0 saturated carbocycles. The third-order valence-electron chi connectivity index (χ3n) is 5.83. The van der Waals surface area contributed by atoms with E-state index in [1.54, 1.807) is 5.20 Å². The summed E-state index contributed by atoms with van der Waals surface area (Å²) >= 11 is 0. The van der Waals surface area contributed by atoms with E-state index in [9.17, 15) is 0 Å². The summed E-state index contributed by atoms with van der Waals surface area (Å²) in [6.07, 6.45) is 5.80. The van der Waals surface area contributed by atoms with Crippen molar-refractivity contribution in [3.63, 3.8) is 0 Å². The molecule has 0 saturated heterocycles. The first kappa shape index (κ1) is 19.5. The fourth-order valence-corrected chi connectivity index (χ4v) is 7.29. The van der Waals surface area contributed by atoms with Crippen LogP contribution in [0.1, 0.15) is 46.6 Å². The van der Waals surface area contributed by atoms with Gasteiger partial charge in [-0.3, -0.25) is 0 Å². The fourth-order valence-electron chi connectivity index (χ4n) is 4.77. The lowest BCUT2D eigenvalue weighted by Crippen LogP contribution is -2.26. The largest absolute Gasteiger partial charge is 0.544 e. The van der Waals surface area contributed by atoms with Gasteiger partial charge in [0.05, 0.1) is 8.80 Å². The molecule has 145 valence electrons. The van der Waals surface area contributed by atoms with Crippen LogP contribution in [0.15, 0.2) is 53.7 Å². The van der Waals surface area contributed by atoms with E-state index in [4.69, 9.17) is 4.43 Å². The highest BCUT2D eigenvalue weighted by atomic mass is 28.4. The average molecular weight is 404 g/mol. The summed E-state index contributed by atoms with van der Waals surface area (Å²) in [6, 6.07) is 15.8. The molecule has 3 heteroatoms. The zero-order chi connectivity index (χ0) is 20.1. The molecule has 2 unspecified atom stereocenters. The van der Waals surface area contributed by atoms with Gasteiger partial charge < -0.3 is 4.43 Å². The Morgan fingerprint density at radius 3 is 2.36 bits per heavy atom. The summed E-state index contributed by atoms with van der Waals surface area (Å²) in [5.41, 5.74) is 7.18. The molecule has 0 amide bonds. The molecule has 2 aliphatic rings. The molecule has 0 aromatic heterocycles. The van der Waals surface area contributed by atoms with E-state index in [-0.39, 0.29) is 0 Å². The summed E-state index contributed by atoms with van der Waals surface area (Å²) < 4.78 is 6.84. The highest BCUT2D eigenvalue weighted by Gasteiger charge is 2.42. The number of benzene rings is 2. The number of rotatable bonds is 5. The molecule has 2 aromatic rings. The highest BCUT2D eigenvalue weighted by Crippen LogP contribution is 2.54. The lowest BCUT2D eigenvalue weighted by atomic mass is 9.83. The van der Waals surface area contributed by atoms with Gasteiger partial charge in [-0.15, -0.1) is 0 Å². The Labute approximate surface area is 172 Å². The molecule has 1 radical (unpaired) electrons. The van der Waals surface area contributed by atoms with Crippen molar-refractivity contribution in [2.24, 2.45) is 0 Å². The van der Waals surface area contributed by atoms with Gasteiger partial charge in [0.1, 0.15) is 5.76 Å². The van der Waals surface area contributed by atoms with Crippen molar-refractivity contribution in [1.82, 2.24) is 0 Å². The minimum Gasteiger partial charge on any atom is -0.544 e. The summed E-state index contributed by atoms with van der Waals surface area (Å²) in [5, 5.41) is 1.59. The standard InChI is InChI=1S/C25H31OSi2/c1-7-17-12-10-14-21-22(17)24(26-28(4,5)6)25(27(2)3)23(21)20-16-15-18-11-8-9-13-19(18)20/h8-16,20,23H,7H2,1-6H3. The summed E-state index contributed by atoms with van der Waals surface area (Å²) in [4.78, 5) is 0. The number of aryl methyl sites for hydroxylation is 1. The number of allylic oxidation sites excluding steroid dienone is 2. The van der Waals surface area contributed by atoms with Gasteiger partial charge in [0, 0.05) is 17.4 Å². The Bertz CT molecular complexity index is 963. The third kappa shape index (κ3) is 3.25. The summed E-state index contributed by atoms with van der Waals surface area (Å²) in [6.45, 7) is 14.1. The predicted octanol–water partition coefficient (Wildman–Crippen LogP) is 7.01. The van der Waals surface area contributed by atoms with Crippen LogP contribution in [0.4, 0.5) is 0 Å². The third-order valence-corrected chi connectivity index (χ3v) is 8.26. The molecular weight excluding hydrogens is 372 g/mol. The van der Waals surface area contributed by atoms with E-state index in [2.05, 4.69) is 94.3 Å². The number of fused-ring (bicyclic) bond motifs is 2. The van der Waals surface area contributed by atoms with E-state index in [1.807, 2.05) is 0 Å². The second-order valence-corrected chi connectivity index (χ2v) is 16.2. The first-order valence-corrected chi connectivity index (χ1v) is 16.4. The van der Waals surface area contributed by atoms with Gasteiger partial charge in [0.25, 0.3) is 0 Å². The van der Waals surface area contributed by atoms with Crippen LogP contribution in [0.25, 0.3) is 11.8 Å². The van der Waals surface area contributed by atoms with Gasteiger partial charge in [-0.2, -0.15) is 0 Å². The van der Waals surface area contributed by atoms with E-state index >= 15 is 0 Å². The SMILES string of the molecule is CCc1cccc2c1C(O[Si](C)(C)C)=C([Si](C)C)C2C1C=Cc2ccccc21. The molecule has 28 heavy (non-hydrogen) atoms. The zero-order valence-corrected chi connectivity index (χ0v) is 20.0. The van der Waals surface area contributed by atoms with Crippen molar-refractivity contribution in [1.29, 1.82) is 0 Å². The topological polar surface area (TPSA) is 9.23 Å². The maximum absolute atomic E-state index is 6.84. The van der Waals surface area contributed by atoms with Crippen molar-refractivity contribution in [3.05, 3.63) is 81.6 Å². The van der Waals surface area contributed by atoms with Crippen molar-refractivity contribution < 1.29 is 4.43 Å². The Balaban J connectivity index is 1.95. The fraction of sp³-hybridized carbons (Fsp3) is 0.360. The lowest BCUT2D eigenvalue weighted by molar-refractivity contribution is 0.512. The van der Waals surface area contributed by atoms with Crippen LogP contribution < -0.4 is 0 Å². The van der Waals surface area contributed by atoms with E-state index < -0.39 is 17.1 Å². The smallest absolute Gasteiger partial charge is 0.242 e. The minimum absolute atomic E-state index is 0.414. The zero-order valence-electron chi connectivity index (χ0n) is 18.0. The van der Waals surface area contributed by atoms with Crippen LogP contribution in [0.3, 0.4) is 0 Å². The van der Waals surface area contributed by atoms with Crippen molar-refractivity contribution >= 4 is 28.9 Å². The summed E-state index contributed by atoms with van der Waals surface area (Å²) in [7, 11) is -2.38. The average Bonchev–Trinajstić information content (AvgIpc) is 3.19. The molecule has 0 N–H and O–H groups in total.